The zero-order chi connectivity index (χ0) is 30.1. The van der Waals surface area contributed by atoms with Crippen LogP contribution < -0.4 is 4.90 Å². The predicted octanol–water partition coefficient (Wildman–Crippen LogP) is 3.90. The van der Waals surface area contributed by atoms with E-state index in [1.54, 1.807) is 61.9 Å². The summed E-state index contributed by atoms with van der Waals surface area (Å²) in [5.74, 6) is 0.869. The molecule has 0 radical (unpaired) electrons. The van der Waals surface area contributed by atoms with E-state index in [2.05, 4.69) is 30.5 Å². The molecule has 45 heavy (non-hydrogen) atoms. The van der Waals surface area contributed by atoms with Gasteiger partial charge in [0.25, 0.3) is 0 Å². The first-order valence-electron chi connectivity index (χ1n) is 14.0. The minimum Gasteiger partial charge on any atom is -0.491 e. The molecule has 0 bridgehead atoms. The zero-order valence-electron chi connectivity index (χ0n) is 23.5. The summed E-state index contributed by atoms with van der Waals surface area (Å²) in [6.07, 6.45) is 21.5. The number of allylic oxidation sites excluding steroid dienone is 2. The third-order valence-corrected chi connectivity index (χ3v) is 8.01. The summed E-state index contributed by atoms with van der Waals surface area (Å²) >= 11 is 0. The molecule has 218 valence electrons. The van der Waals surface area contributed by atoms with Crippen LogP contribution in [0.4, 0.5) is 5.82 Å². The molecule has 0 spiro atoms. The molecule has 0 aromatic carbocycles. The molecule has 6 aromatic heterocycles. The normalized spacial score (nSPS) is 22.5. The molecule has 13 heteroatoms. The molecule has 0 amide bonds. The van der Waals surface area contributed by atoms with E-state index in [4.69, 9.17) is 29.2 Å². The van der Waals surface area contributed by atoms with E-state index in [-0.39, 0.29) is 0 Å². The number of nitrogens with zero attached hydrogens (tertiary/aromatic N) is 10. The number of hydrogen-bond donors (Lipinski definition) is 1. The van der Waals surface area contributed by atoms with E-state index in [0.29, 0.717) is 45.7 Å². The maximum absolute atomic E-state index is 6.58. The highest BCUT2D eigenvalue weighted by Gasteiger charge is 2.74. The third kappa shape index (κ3) is 3.77. The lowest BCUT2D eigenvalue weighted by atomic mass is 9.58. The lowest BCUT2D eigenvalue weighted by Crippen LogP contribution is -2.64. The number of aromatic nitrogens is 10. The molecule has 8 heterocycles. The van der Waals surface area contributed by atoms with Crippen molar-refractivity contribution in [1.29, 1.82) is 0 Å². The summed E-state index contributed by atoms with van der Waals surface area (Å²) < 4.78 is 12.2. The third-order valence-electron chi connectivity index (χ3n) is 8.01. The smallest absolute Gasteiger partial charge is 0.167 e. The predicted molar refractivity (Wildman–Crippen MR) is 160 cm³/mol. The van der Waals surface area contributed by atoms with Crippen molar-refractivity contribution >= 4 is 17.1 Å². The second kappa shape index (κ2) is 10.7. The van der Waals surface area contributed by atoms with Gasteiger partial charge in [0.2, 0.25) is 0 Å². The minimum atomic E-state index is -1.44. The van der Waals surface area contributed by atoms with Crippen molar-refractivity contribution < 1.29 is 9.26 Å². The van der Waals surface area contributed by atoms with Crippen molar-refractivity contribution in [2.24, 2.45) is 0 Å². The van der Waals surface area contributed by atoms with Crippen molar-refractivity contribution in [3.8, 4) is 0 Å². The molecule has 0 saturated carbocycles. The summed E-state index contributed by atoms with van der Waals surface area (Å²) in [6.45, 7) is 0. The maximum Gasteiger partial charge on any atom is 0.167 e. The number of rotatable bonds is 7. The topological polar surface area (TPSA) is 157 Å². The number of anilines is 1. The van der Waals surface area contributed by atoms with Gasteiger partial charge < -0.3 is 14.2 Å². The second-order valence-corrected chi connectivity index (χ2v) is 10.2. The van der Waals surface area contributed by atoms with Crippen LogP contribution in [0.3, 0.4) is 0 Å². The fraction of sp³-hybridized carbons (Fsp3) is 0.0938. The van der Waals surface area contributed by atoms with Crippen molar-refractivity contribution in [2.45, 2.75) is 17.1 Å². The molecule has 3 unspecified atom stereocenters. The van der Waals surface area contributed by atoms with Gasteiger partial charge in [-0.2, -0.15) is 15.3 Å². The fourth-order valence-corrected chi connectivity index (χ4v) is 6.54. The molecule has 3 atom stereocenters. The molecule has 2 aliphatic heterocycles. The van der Waals surface area contributed by atoms with Gasteiger partial charge in [-0.3, -0.25) is 15.1 Å². The molecular formula is C32H23N11O2. The second-order valence-electron chi connectivity index (χ2n) is 10.2. The minimum absolute atomic E-state index is 0.394. The largest absolute Gasteiger partial charge is 0.491 e. The van der Waals surface area contributed by atoms with Gasteiger partial charge in [0.05, 0.1) is 35.2 Å². The number of nitrogens with one attached hydrogen (secondary N) is 1. The van der Waals surface area contributed by atoms with Crippen molar-refractivity contribution in [2.75, 3.05) is 4.90 Å². The Kier molecular flexibility index (Phi) is 6.26. The number of ether oxygens (including phenoxy) is 1. The van der Waals surface area contributed by atoms with E-state index >= 15 is 0 Å². The number of aromatic amines is 1. The highest BCUT2D eigenvalue weighted by atomic mass is 16.5. The molecule has 1 N–H and O–H groups in total. The van der Waals surface area contributed by atoms with Gasteiger partial charge in [0.15, 0.2) is 17.2 Å². The lowest BCUT2D eigenvalue weighted by molar-refractivity contribution is 0.0697. The Morgan fingerprint density at radius 3 is 2.42 bits per heavy atom. The summed E-state index contributed by atoms with van der Waals surface area (Å²) in [6, 6.07) is 14.9. The number of hydrogen-bond acceptors (Lipinski definition) is 12. The Hall–Kier alpha value is -6.37. The summed E-state index contributed by atoms with van der Waals surface area (Å²) in [5.41, 5.74) is 0.765. The van der Waals surface area contributed by atoms with Gasteiger partial charge in [0.1, 0.15) is 23.5 Å². The Morgan fingerprint density at radius 2 is 1.73 bits per heavy atom. The highest BCUT2D eigenvalue weighted by molar-refractivity contribution is 6.06. The van der Waals surface area contributed by atoms with Crippen LogP contribution in [0.1, 0.15) is 28.6 Å². The number of pyridine rings is 1. The molecule has 2 aliphatic rings. The summed E-state index contributed by atoms with van der Waals surface area (Å²) in [5, 5.41) is 21.2. The van der Waals surface area contributed by atoms with Crippen LogP contribution in [-0.4, -0.2) is 56.6 Å². The first-order valence-corrected chi connectivity index (χ1v) is 14.0. The molecule has 13 nitrogen and oxygen atoms in total. The monoisotopic (exact) mass is 593 g/mol. The van der Waals surface area contributed by atoms with Crippen molar-refractivity contribution in [3.05, 3.63) is 157 Å². The average molecular weight is 594 g/mol. The molecular weight excluding hydrogens is 570 g/mol. The quantitative estimate of drug-likeness (QED) is 0.285. The van der Waals surface area contributed by atoms with Gasteiger partial charge in [0, 0.05) is 55.0 Å². The van der Waals surface area contributed by atoms with Crippen LogP contribution in [0, 0.1) is 0 Å². The molecule has 0 aliphatic carbocycles. The van der Waals surface area contributed by atoms with E-state index in [9.17, 15) is 0 Å². The average Bonchev–Trinajstić information content (AvgIpc) is 3.90. The molecule has 0 fully saturated rings. The fourth-order valence-electron chi connectivity index (χ4n) is 6.54. The van der Waals surface area contributed by atoms with E-state index < -0.39 is 17.1 Å². The Morgan fingerprint density at radius 1 is 0.800 bits per heavy atom. The Labute approximate surface area is 256 Å². The first-order chi connectivity index (χ1) is 22.4. The molecule has 6 aromatic rings. The standard InChI is InChI=1S/C32H23N11O2/c1-3-12-34-24(8-1)31(25-11-20-45-42-25)28(22-7-5-15-38-40-22)29(23-10-16-39-41-23)43(27-21-33-17-18-35-27)32(31,26-9-2-4-19-44-26)30-36-13-6-14-37-30/h1-21,26H,(H,39,41). The van der Waals surface area contributed by atoms with Crippen LogP contribution in [0.25, 0.3) is 11.3 Å². The number of H-pyrrole nitrogens is 1. The summed E-state index contributed by atoms with van der Waals surface area (Å²) in [4.78, 5) is 26.3. The van der Waals surface area contributed by atoms with Crippen LogP contribution in [0.15, 0.2) is 133 Å². The van der Waals surface area contributed by atoms with E-state index in [1.165, 1.54) is 6.26 Å². The Balaban J connectivity index is 1.67. The molecule has 8 rings (SSSR count). The van der Waals surface area contributed by atoms with Gasteiger partial charge in [-0.1, -0.05) is 17.3 Å². The van der Waals surface area contributed by atoms with Crippen LogP contribution in [0.5, 0.6) is 0 Å². The molecule has 0 saturated heterocycles. The highest BCUT2D eigenvalue weighted by Crippen LogP contribution is 2.67. The van der Waals surface area contributed by atoms with Gasteiger partial charge in [-0.25, -0.2) is 15.0 Å². The van der Waals surface area contributed by atoms with E-state index in [0.717, 1.165) is 0 Å². The van der Waals surface area contributed by atoms with E-state index in [1.807, 2.05) is 65.6 Å². The van der Waals surface area contributed by atoms with Crippen molar-refractivity contribution in [3.63, 3.8) is 0 Å². The van der Waals surface area contributed by atoms with Gasteiger partial charge in [-0.05, 0) is 48.6 Å². The van der Waals surface area contributed by atoms with Gasteiger partial charge in [-0.15, -0.1) is 0 Å². The first kappa shape index (κ1) is 26.3. The van der Waals surface area contributed by atoms with Crippen LogP contribution >= 0.6 is 0 Å². The van der Waals surface area contributed by atoms with Crippen LogP contribution in [0.2, 0.25) is 0 Å². The van der Waals surface area contributed by atoms with Crippen LogP contribution in [-0.2, 0) is 15.7 Å². The summed E-state index contributed by atoms with van der Waals surface area (Å²) in [7, 11) is 0. The van der Waals surface area contributed by atoms with Gasteiger partial charge >= 0.3 is 0 Å². The van der Waals surface area contributed by atoms with Crippen molar-refractivity contribution in [1.82, 2.24) is 50.5 Å². The lowest BCUT2D eigenvalue weighted by Gasteiger charge is -2.51. The zero-order valence-corrected chi connectivity index (χ0v) is 23.5. The Bertz CT molecular complexity index is 1990. The SMILES string of the molecule is C1=COC(C2(c3ncccn3)N(c3cnccn3)C(c3ccn[nH]3)=C(c3cccnn3)C2(c2ccccn2)c2ccon2)C=C1. The maximum atomic E-state index is 6.58.